The standard InChI is InChI=1S/C14H10N4O5S/c19-12(15-9-3-1-4-10(7-9)18(21)22)8-17-14(20)23-13(16-17)11-5-2-6-24-11/h1-7H,8H2,(H,15,19). The van der Waals surface area contributed by atoms with Gasteiger partial charge in [-0.1, -0.05) is 12.1 Å². The summed E-state index contributed by atoms with van der Waals surface area (Å²) in [6.45, 7) is -0.365. The molecule has 3 aromatic rings. The molecule has 0 aliphatic carbocycles. The van der Waals surface area contributed by atoms with E-state index in [1.807, 2.05) is 5.38 Å². The zero-order valence-electron chi connectivity index (χ0n) is 12.0. The lowest BCUT2D eigenvalue weighted by atomic mass is 10.3. The van der Waals surface area contributed by atoms with Gasteiger partial charge in [-0.05, 0) is 17.5 Å². The monoisotopic (exact) mass is 346 g/mol. The number of amides is 1. The first kappa shape index (κ1) is 15.6. The molecular weight excluding hydrogens is 336 g/mol. The fourth-order valence-electron chi connectivity index (χ4n) is 1.94. The fraction of sp³-hybridized carbons (Fsp3) is 0.0714. The summed E-state index contributed by atoms with van der Waals surface area (Å²) < 4.78 is 5.89. The lowest BCUT2D eigenvalue weighted by Gasteiger charge is -2.04. The molecule has 0 atom stereocenters. The summed E-state index contributed by atoms with van der Waals surface area (Å²) in [5, 5.41) is 19.0. The van der Waals surface area contributed by atoms with E-state index in [4.69, 9.17) is 4.42 Å². The summed E-state index contributed by atoms with van der Waals surface area (Å²) in [6.07, 6.45) is 0. The molecule has 0 bridgehead atoms. The van der Waals surface area contributed by atoms with Crippen molar-refractivity contribution in [2.45, 2.75) is 6.54 Å². The molecule has 0 saturated heterocycles. The fourth-order valence-corrected chi connectivity index (χ4v) is 2.58. The summed E-state index contributed by atoms with van der Waals surface area (Å²) in [5.74, 6) is -1.17. The molecule has 1 N–H and O–H groups in total. The molecule has 0 unspecified atom stereocenters. The highest BCUT2D eigenvalue weighted by Crippen LogP contribution is 2.21. The number of rotatable bonds is 5. The first-order valence-corrected chi connectivity index (χ1v) is 7.57. The number of anilines is 1. The molecule has 0 saturated carbocycles. The van der Waals surface area contributed by atoms with Crippen molar-refractivity contribution in [3.05, 3.63) is 62.4 Å². The molecule has 9 nitrogen and oxygen atoms in total. The topological polar surface area (TPSA) is 120 Å². The molecule has 0 radical (unpaired) electrons. The van der Waals surface area contributed by atoms with Crippen LogP contribution in [0.3, 0.4) is 0 Å². The lowest BCUT2D eigenvalue weighted by molar-refractivity contribution is -0.384. The van der Waals surface area contributed by atoms with Crippen LogP contribution in [0, 0.1) is 10.1 Å². The van der Waals surface area contributed by atoms with Crippen LogP contribution in [0.2, 0.25) is 0 Å². The van der Waals surface area contributed by atoms with Crippen molar-refractivity contribution in [1.29, 1.82) is 0 Å². The number of carbonyl (C=O) groups is 1. The number of non-ortho nitro benzene ring substituents is 1. The van der Waals surface area contributed by atoms with Gasteiger partial charge in [-0.25, -0.2) is 4.79 Å². The van der Waals surface area contributed by atoms with E-state index < -0.39 is 16.6 Å². The van der Waals surface area contributed by atoms with E-state index in [1.165, 1.54) is 35.6 Å². The van der Waals surface area contributed by atoms with Gasteiger partial charge < -0.3 is 9.73 Å². The van der Waals surface area contributed by atoms with Crippen molar-refractivity contribution in [3.63, 3.8) is 0 Å². The maximum Gasteiger partial charge on any atom is 0.437 e. The number of carbonyl (C=O) groups excluding carboxylic acids is 1. The van der Waals surface area contributed by atoms with E-state index >= 15 is 0 Å². The summed E-state index contributed by atoms with van der Waals surface area (Å²) >= 11 is 1.35. The average Bonchev–Trinajstić information content (AvgIpc) is 3.18. The molecule has 0 fully saturated rings. The molecule has 122 valence electrons. The van der Waals surface area contributed by atoms with E-state index in [-0.39, 0.29) is 23.8 Å². The quantitative estimate of drug-likeness (QED) is 0.558. The highest BCUT2D eigenvalue weighted by atomic mass is 32.1. The van der Waals surface area contributed by atoms with Crippen LogP contribution < -0.4 is 11.1 Å². The Morgan fingerprint density at radius 1 is 1.38 bits per heavy atom. The van der Waals surface area contributed by atoms with Crippen molar-refractivity contribution in [3.8, 4) is 10.8 Å². The minimum absolute atomic E-state index is 0.137. The van der Waals surface area contributed by atoms with E-state index in [2.05, 4.69) is 10.4 Å². The van der Waals surface area contributed by atoms with Crippen LogP contribution in [0.1, 0.15) is 0 Å². The molecule has 24 heavy (non-hydrogen) atoms. The molecule has 10 heteroatoms. The predicted molar refractivity (Wildman–Crippen MR) is 85.8 cm³/mol. The third-order valence-corrected chi connectivity index (χ3v) is 3.83. The molecule has 1 aromatic carbocycles. The minimum Gasteiger partial charge on any atom is -0.387 e. The van der Waals surface area contributed by atoms with E-state index in [1.54, 1.807) is 12.1 Å². The van der Waals surface area contributed by atoms with Crippen molar-refractivity contribution >= 4 is 28.6 Å². The van der Waals surface area contributed by atoms with Gasteiger partial charge in [0.2, 0.25) is 5.91 Å². The summed E-state index contributed by atoms with van der Waals surface area (Å²) in [5.41, 5.74) is 0.107. The van der Waals surface area contributed by atoms with E-state index in [9.17, 15) is 19.7 Å². The second-order valence-corrected chi connectivity index (χ2v) is 5.61. The van der Waals surface area contributed by atoms with Gasteiger partial charge in [-0.15, -0.1) is 16.4 Å². The van der Waals surface area contributed by atoms with Gasteiger partial charge in [0, 0.05) is 17.8 Å². The first-order valence-electron chi connectivity index (χ1n) is 6.69. The maximum atomic E-state index is 12.0. The molecule has 0 aliphatic rings. The zero-order valence-corrected chi connectivity index (χ0v) is 12.9. The minimum atomic E-state index is -0.757. The number of hydrogen-bond acceptors (Lipinski definition) is 7. The van der Waals surface area contributed by atoms with Gasteiger partial charge in [0.1, 0.15) is 6.54 Å². The number of nitrogens with zero attached hydrogens (tertiary/aromatic N) is 3. The number of hydrogen-bond donors (Lipinski definition) is 1. The second kappa shape index (κ2) is 6.46. The Morgan fingerprint density at radius 2 is 2.21 bits per heavy atom. The van der Waals surface area contributed by atoms with Gasteiger partial charge in [-0.2, -0.15) is 4.68 Å². The normalized spacial score (nSPS) is 10.5. The average molecular weight is 346 g/mol. The Balaban J connectivity index is 1.72. The van der Waals surface area contributed by atoms with Gasteiger partial charge in [0.25, 0.3) is 11.6 Å². The summed E-state index contributed by atoms with van der Waals surface area (Å²) in [6, 6.07) is 9.02. The van der Waals surface area contributed by atoms with Crippen LogP contribution in [0.4, 0.5) is 11.4 Å². The van der Waals surface area contributed by atoms with Crippen molar-refractivity contribution < 1.29 is 14.1 Å². The van der Waals surface area contributed by atoms with Crippen molar-refractivity contribution in [1.82, 2.24) is 9.78 Å². The number of benzene rings is 1. The molecule has 0 spiro atoms. The SMILES string of the molecule is O=C(Cn1nc(-c2cccs2)oc1=O)Nc1cccc([N+](=O)[O-])c1. The third kappa shape index (κ3) is 3.38. The highest BCUT2D eigenvalue weighted by Gasteiger charge is 2.14. The van der Waals surface area contributed by atoms with E-state index in [0.29, 0.717) is 4.88 Å². The van der Waals surface area contributed by atoms with Gasteiger partial charge in [0.15, 0.2) is 0 Å². The zero-order chi connectivity index (χ0) is 17.1. The van der Waals surface area contributed by atoms with Gasteiger partial charge >= 0.3 is 5.76 Å². The number of nitrogens with one attached hydrogen (secondary N) is 1. The Kier molecular flexibility index (Phi) is 4.20. The lowest BCUT2D eigenvalue weighted by Crippen LogP contribution is -2.25. The smallest absolute Gasteiger partial charge is 0.387 e. The van der Waals surface area contributed by atoms with Crippen LogP contribution in [0.15, 0.2) is 51.0 Å². The molecule has 3 rings (SSSR count). The number of aromatic nitrogens is 2. The Labute approximate surface area is 138 Å². The predicted octanol–water partition coefficient (Wildman–Crippen LogP) is 2.11. The van der Waals surface area contributed by atoms with Crippen LogP contribution in [0.5, 0.6) is 0 Å². The van der Waals surface area contributed by atoms with Crippen LogP contribution >= 0.6 is 11.3 Å². The van der Waals surface area contributed by atoms with Crippen LogP contribution in [-0.4, -0.2) is 20.6 Å². The number of nitro groups is 1. The van der Waals surface area contributed by atoms with Crippen molar-refractivity contribution in [2.75, 3.05) is 5.32 Å². The maximum absolute atomic E-state index is 12.0. The molecule has 2 aromatic heterocycles. The molecular formula is C14H10N4O5S. The van der Waals surface area contributed by atoms with Crippen LogP contribution in [-0.2, 0) is 11.3 Å². The van der Waals surface area contributed by atoms with Gasteiger partial charge in [0.05, 0.1) is 9.80 Å². The Morgan fingerprint density at radius 3 is 2.92 bits per heavy atom. The second-order valence-electron chi connectivity index (χ2n) is 4.66. The third-order valence-electron chi connectivity index (χ3n) is 2.97. The number of nitro benzene ring substituents is 1. The molecule has 2 heterocycles. The number of thiophene rings is 1. The Hall–Kier alpha value is -3.27. The van der Waals surface area contributed by atoms with Crippen LogP contribution in [0.25, 0.3) is 10.8 Å². The van der Waals surface area contributed by atoms with E-state index in [0.717, 1.165) is 4.68 Å². The van der Waals surface area contributed by atoms with Gasteiger partial charge in [-0.3, -0.25) is 14.9 Å². The largest absolute Gasteiger partial charge is 0.437 e. The van der Waals surface area contributed by atoms with Crippen molar-refractivity contribution in [2.24, 2.45) is 0 Å². The Bertz CT molecular complexity index is 944. The summed E-state index contributed by atoms with van der Waals surface area (Å²) in [4.78, 5) is 34.5. The highest BCUT2D eigenvalue weighted by molar-refractivity contribution is 7.13. The molecule has 1 amide bonds. The molecule has 0 aliphatic heterocycles. The summed E-state index contributed by atoms with van der Waals surface area (Å²) in [7, 11) is 0. The first-order chi connectivity index (χ1) is 11.5.